The second-order valence-electron chi connectivity index (χ2n) is 9.34. The molecule has 0 fully saturated rings. The summed E-state index contributed by atoms with van der Waals surface area (Å²) < 4.78 is 8.66. The molecule has 2 rings (SSSR count). The Morgan fingerprint density at radius 3 is 2.30 bits per heavy atom. The molecule has 0 saturated carbocycles. The van der Waals surface area contributed by atoms with E-state index in [9.17, 15) is 4.79 Å². The molecule has 4 heteroatoms. The third-order valence-electron chi connectivity index (χ3n) is 5.57. The van der Waals surface area contributed by atoms with E-state index in [0.29, 0.717) is 0 Å². The van der Waals surface area contributed by atoms with Crippen molar-refractivity contribution in [2.45, 2.75) is 68.2 Å². The number of carbonyl (C=O) groups excluding carboxylic acids is 1. The second kappa shape index (κ2) is 7.05. The third-order valence-corrected chi connectivity index (χ3v) is 19.0. The van der Waals surface area contributed by atoms with E-state index in [2.05, 4.69) is 35.7 Å². The predicted octanol–water partition coefficient (Wildman–Crippen LogP) is 5.49. The van der Waals surface area contributed by atoms with E-state index in [4.69, 9.17) is 4.74 Å². The normalized spacial score (nSPS) is 25.8. The number of methoxy groups -OCH3 is 1. The van der Waals surface area contributed by atoms with E-state index in [0.717, 1.165) is 19.3 Å². The van der Waals surface area contributed by atoms with Crippen LogP contribution in [0, 0.1) is 5.41 Å². The summed E-state index contributed by atoms with van der Waals surface area (Å²) in [4.78, 5) is 27.8. The molecule has 2 aliphatic carbocycles. The van der Waals surface area contributed by atoms with Gasteiger partial charge in [-0.05, 0) is 0 Å². The van der Waals surface area contributed by atoms with Crippen LogP contribution in [0.5, 0.6) is 0 Å². The fourth-order valence-corrected chi connectivity index (χ4v) is 18.2. The summed E-state index contributed by atoms with van der Waals surface area (Å²) in [6, 6.07) is 0. The van der Waals surface area contributed by atoms with Crippen molar-refractivity contribution in [3.8, 4) is 0 Å². The quantitative estimate of drug-likeness (QED) is 0.346. The van der Waals surface area contributed by atoms with Gasteiger partial charge in [0, 0.05) is 0 Å². The van der Waals surface area contributed by atoms with Crippen molar-refractivity contribution in [3.63, 3.8) is 0 Å². The molecule has 0 aromatic rings. The number of hydrogen-bond donors (Lipinski definition) is 0. The molecule has 2 aliphatic rings. The van der Waals surface area contributed by atoms with Crippen LogP contribution in [0.15, 0.2) is 18.8 Å². The number of esters is 1. The topological polar surface area (TPSA) is 26.3 Å². The molecule has 130 valence electrons. The van der Waals surface area contributed by atoms with Gasteiger partial charge in [-0.3, -0.25) is 0 Å². The zero-order valence-corrected chi connectivity index (χ0v) is 21.8. The minimum absolute atomic E-state index is 0.0377. The van der Waals surface area contributed by atoms with Gasteiger partial charge in [0.05, 0.1) is 0 Å². The summed E-state index contributed by atoms with van der Waals surface area (Å²) in [5, 5.41) is 0. The Hall–Kier alpha value is 0.547. The first-order chi connectivity index (χ1) is 10.5. The molecule has 1 atom stereocenters. The Bertz CT molecular complexity index is 547. The molecule has 0 amide bonds. The standard InChI is InChI=1S/C13H16O2.6CH3.2Sn/c1-15-12(14)13(8-4-5-9-13)10-11-6-2-3-7-11;;;;;;;;/h4H,2-3,5-6,9-10H2,1H3;6*1H3;;. The first kappa shape index (κ1) is 19.9. The molecule has 0 spiro atoms. The minimum atomic E-state index is -2.32. The van der Waals surface area contributed by atoms with Crippen LogP contribution in [0.25, 0.3) is 0 Å². The molecule has 0 bridgehead atoms. The maximum atomic E-state index is 12.9. The number of hydrogen-bond acceptors (Lipinski definition) is 2. The van der Waals surface area contributed by atoms with Gasteiger partial charge in [-0.1, -0.05) is 0 Å². The van der Waals surface area contributed by atoms with E-state index in [1.165, 1.54) is 22.9 Å². The van der Waals surface area contributed by atoms with Crippen molar-refractivity contribution in [2.75, 3.05) is 7.11 Å². The molecule has 0 aromatic carbocycles. The van der Waals surface area contributed by atoms with E-state index in [1.54, 1.807) is 16.3 Å². The Kier molecular flexibility index (Phi) is 6.09. The zero-order valence-electron chi connectivity index (χ0n) is 16.1. The van der Waals surface area contributed by atoms with Crippen molar-refractivity contribution in [1.29, 1.82) is 0 Å². The first-order valence-electron chi connectivity index (χ1n) is 9.03. The first-order valence-corrected chi connectivity index (χ1v) is 29.0. The molecule has 0 aliphatic heterocycles. The van der Waals surface area contributed by atoms with Gasteiger partial charge in [0.25, 0.3) is 0 Å². The third kappa shape index (κ3) is 4.04. The van der Waals surface area contributed by atoms with Crippen molar-refractivity contribution in [3.05, 3.63) is 18.8 Å². The summed E-state index contributed by atoms with van der Waals surface area (Å²) in [5.41, 5.74) is 1.33. The van der Waals surface area contributed by atoms with Crippen LogP contribution in [0.2, 0.25) is 29.6 Å². The number of allylic oxidation sites excluding steroid dienone is 3. The Labute approximate surface area is 150 Å². The van der Waals surface area contributed by atoms with Gasteiger partial charge in [0.15, 0.2) is 0 Å². The van der Waals surface area contributed by atoms with E-state index >= 15 is 0 Å². The van der Waals surface area contributed by atoms with Crippen LogP contribution < -0.4 is 0 Å². The van der Waals surface area contributed by atoms with Gasteiger partial charge in [-0.2, -0.15) is 0 Å². The molecular formula is C19H34O2Sn2. The summed E-state index contributed by atoms with van der Waals surface area (Å²) in [7, 11) is 1.57. The molecule has 0 N–H and O–H groups in total. The fourth-order valence-electron chi connectivity index (χ4n) is 4.75. The van der Waals surface area contributed by atoms with Gasteiger partial charge in [0.1, 0.15) is 0 Å². The average Bonchev–Trinajstić information content (AvgIpc) is 3.04. The van der Waals surface area contributed by atoms with Crippen LogP contribution in [0.1, 0.15) is 38.5 Å². The monoisotopic (exact) mass is 534 g/mol. The molecule has 2 nitrogen and oxygen atoms in total. The molecule has 23 heavy (non-hydrogen) atoms. The second-order valence-corrected chi connectivity index (χ2v) is 38.3. The molecule has 0 saturated heterocycles. The van der Waals surface area contributed by atoms with Gasteiger partial charge >= 0.3 is 152 Å². The predicted molar refractivity (Wildman–Crippen MR) is 104 cm³/mol. The average molecular weight is 532 g/mol. The molecule has 0 radical (unpaired) electrons. The molecule has 1 unspecified atom stereocenters. The van der Waals surface area contributed by atoms with Crippen LogP contribution >= 0.6 is 0 Å². The molecule has 0 aromatic heterocycles. The van der Waals surface area contributed by atoms with Gasteiger partial charge in [-0.15, -0.1) is 0 Å². The van der Waals surface area contributed by atoms with Crippen LogP contribution in [0.3, 0.4) is 0 Å². The van der Waals surface area contributed by atoms with Crippen LogP contribution in [0.4, 0.5) is 0 Å². The Morgan fingerprint density at radius 1 is 1.13 bits per heavy atom. The Balaban J connectivity index is 2.46. The van der Waals surface area contributed by atoms with Gasteiger partial charge < -0.3 is 0 Å². The Morgan fingerprint density at radius 2 is 1.78 bits per heavy atom. The SMILES string of the molecule is COC(=O)C1(CC2=[C]([Sn]([CH3])([CH3])[CH3])CCC2)CCC=[C]1[Sn]([CH3])([CH3])[CH3]. The number of rotatable bonds is 5. The van der Waals surface area contributed by atoms with Gasteiger partial charge in [0.2, 0.25) is 0 Å². The fraction of sp³-hybridized carbons (Fsp3) is 0.737. The summed E-state index contributed by atoms with van der Waals surface area (Å²) in [5.74, 6) is 0.0377. The summed E-state index contributed by atoms with van der Waals surface area (Å²) in [6.45, 7) is 0. The van der Waals surface area contributed by atoms with Crippen molar-refractivity contribution in [1.82, 2.24) is 0 Å². The van der Waals surface area contributed by atoms with Crippen LogP contribution in [-0.4, -0.2) is 49.8 Å². The van der Waals surface area contributed by atoms with Crippen molar-refractivity contribution in [2.24, 2.45) is 5.41 Å². The maximum absolute atomic E-state index is 12.9. The molecule has 0 heterocycles. The van der Waals surface area contributed by atoms with E-state index in [1.807, 2.05) is 0 Å². The number of carbonyl (C=O) groups is 1. The van der Waals surface area contributed by atoms with Crippen molar-refractivity contribution < 1.29 is 9.53 Å². The van der Waals surface area contributed by atoms with E-state index in [-0.39, 0.29) is 11.4 Å². The summed E-state index contributed by atoms with van der Waals surface area (Å²) in [6.07, 6.45) is 9.21. The number of ether oxygens (including phenoxy) is 1. The van der Waals surface area contributed by atoms with Crippen LogP contribution in [-0.2, 0) is 9.53 Å². The summed E-state index contributed by atoms with van der Waals surface area (Å²) >= 11 is -4.36. The molecular weight excluding hydrogens is 498 g/mol. The zero-order chi connectivity index (χ0) is 17.5. The van der Waals surface area contributed by atoms with E-state index < -0.39 is 36.8 Å². The van der Waals surface area contributed by atoms with Crippen molar-refractivity contribution >= 4 is 42.7 Å². The van der Waals surface area contributed by atoms with Gasteiger partial charge in [-0.25, -0.2) is 0 Å².